The van der Waals surface area contributed by atoms with Gasteiger partial charge in [0.15, 0.2) is 5.78 Å². The molecule has 0 amide bonds. The van der Waals surface area contributed by atoms with E-state index in [2.05, 4.69) is 0 Å². The lowest BCUT2D eigenvalue weighted by Crippen LogP contribution is -2.23. The second-order valence-electron chi connectivity index (χ2n) is 5.00. The maximum atomic E-state index is 13.2. The van der Waals surface area contributed by atoms with Crippen LogP contribution >= 0.6 is 0 Å². The van der Waals surface area contributed by atoms with E-state index in [-0.39, 0.29) is 17.3 Å². The number of rotatable bonds is 3. The fourth-order valence-electron chi connectivity index (χ4n) is 2.67. The number of nitrogens with zero attached hydrogens (tertiary/aromatic N) is 1. The van der Waals surface area contributed by atoms with E-state index in [0.29, 0.717) is 0 Å². The van der Waals surface area contributed by atoms with Crippen molar-refractivity contribution in [1.29, 1.82) is 5.26 Å². The molecule has 1 aliphatic carbocycles. The van der Waals surface area contributed by atoms with Crippen molar-refractivity contribution >= 4 is 5.78 Å². The summed E-state index contributed by atoms with van der Waals surface area (Å²) in [7, 11) is 0. The van der Waals surface area contributed by atoms with E-state index >= 15 is 0 Å². The van der Waals surface area contributed by atoms with Crippen LogP contribution in [0.25, 0.3) is 0 Å². The SMILES string of the molecule is N#CC(C(=O)C1CCCCC1)c1cc(F)cc(F)c1. The first kappa shape index (κ1) is 13.7. The molecule has 0 N–H and O–H groups in total. The van der Waals surface area contributed by atoms with Gasteiger partial charge in [-0.2, -0.15) is 5.26 Å². The molecule has 19 heavy (non-hydrogen) atoms. The molecule has 0 aromatic heterocycles. The van der Waals surface area contributed by atoms with E-state index in [1.54, 1.807) is 0 Å². The maximum absolute atomic E-state index is 13.2. The van der Waals surface area contributed by atoms with Gasteiger partial charge < -0.3 is 0 Å². The minimum Gasteiger partial charge on any atom is -0.298 e. The quantitative estimate of drug-likeness (QED) is 0.833. The Hall–Kier alpha value is -1.76. The number of ketones is 1. The van der Waals surface area contributed by atoms with Crippen molar-refractivity contribution in [1.82, 2.24) is 0 Å². The molecule has 0 heterocycles. The average Bonchev–Trinajstić information content (AvgIpc) is 2.39. The lowest BCUT2D eigenvalue weighted by atomic mass is 9.80. The molecule has 0 saturated heterocycles. The Morgan fingerprint density at radius 3 is 2.26 bits per heavy atom. The second kappa shape index (κ2) is 5.92. The van der Waals surface area contributed by atoms with Gasteiger partial charge in [0.2, 0.25) is 0 Å². The Labute approximate surface area is 111 Å². The first-order valence-corrected chi connectivity index (χ1v) is 6.51. The van der Waals surface area contributed by atoms with Gasteiger partial charge in [-0.05, 0) is 30.5 Å². The Bertz CT molecular complexity index is 495. The van der Waals surface area contributed by atoms with E-state index in [0.717, 1.165) is 50.3 Å². The molecule has 1 fully saturated rings. The van der Waals surface area contributed by atoms with Gasteiger partial charge >= 0.3 is 0 Å². The van der Waals surface area contributed by atoms with Crippen LogP contribution in [-0.2, 0) is 4.79 Å². The molecular formula is C15H15F2NO. The Kier molecular flexibility index (Phi) is 4.26. The normalized spacial score (nSPS) is 17.7. The zero-order valence-corrected chi connectivity index (χ0v) is 10.5. The lowest BCUT2D eigenvalue weighted by Gasteiger charge is -2.22. The molecule has 0 bridgehead atoms. The number of carbonyl (C=O) groups is 1. The second-order valence-corrected chi connectivity index (χ2v) is 5.00. The van der Waals surface area contributed by atoms with Crippen LogP contribution in [-0.4, -0.2) is 5.78 Å². The first-order valence-electron chi connectivity index (χ1n) is 6.51. The molecule has 0 aliphatic heterocycles. The van der Waals surface area contributed by atoms with Gasteiger partial charge in [-0.3, -0.25) is 4.79 Å². The Morgan fingerprint density at radius 2 is 1.74 bits per heavy atom. The summed E-state index contributed by atoms with van der Waals surface area (Å²) in [4.78, 5) is 12.3. The Morgan fingerprint density at radius 1 is 1.16 bits per heavy atom. The van der Waals surface area contributed by atoms with Crippen molar-refractivity contribution in [3.63, 3.8) is 0 Å². The van der Waals surface area contributed by atoms with Gasteiger partial charge in [0.05, 0.1) is 6.07 Å². The Balaban J connectivity index is 2.23. The highest BCUT2D eigenvalue weighted by molar-refractivity contribution is 5.90. The number of halogens is 2. The predicted octanol–water partition coefficient (Wildman–Crippen LogP) is 3.72. The van der Waals surface area contributed by atoms with Gasteiger partial charge in [-0.15, -0.1) is 0 Å². The van der Waals surface area contributed by atoms with Crippen molar-refractivity contribution < 1.29 is 13.6 Å². The van der Waals surface area contributed by atoms with Crippen LogP contribution in [0.4, 0.5) is 8.78 Å². The van der Waals surface area contributed by atoms with E-state index in [1.807, 2.05) is 6.07 Å². The van der Waals surface area contributed by atoms with Gasteiger partial charge in [-0.1, -0.05) is 19.3 Å². The van der Waals surface area contributed by atoms with E-state index in [9.17, 15) is 13.6 Å². The summed E-state index contributed by atoms with van der Waals surface area (Å²) < 4.78 is 26.3. The fraction of sp³-hybridized carbons (Fsp3) is 0.467. The summed E-state index contributed by atoms with van der Waals surface area (Å²) in [6, 6.07) is 4.76. The molecule has 0 radical (unpaired) electrons. The standard InChI is InChI=1S/C15H15F2NO/c16-12-6-11(7-13(17)8-12)14(9-18)15(19)10-4-2-1-3-5-10/h6-8,10,14H,1-5H2. The lowest BCUT2D eigenvalue weighted by molar-refractivity contribution is -0.124. The van der Waals surface area contributed by atoms with Crippen molar-refractivity contribution in [2.24, 2.45) is 5.92 Å². The molecule has 1 saturated carbocycles. The number of Topliss-reactive ketones (excluding diaryl/α,β-unsaturated/α-hetero) is 1. The summed E-state index contributed by atoms with van der Waals surface area (Å²) in [5.74, 6) is -2.93. The molecule has 1 aromatic carbocycles. The molecular weight excluding hydrogens is 248 g/mol. The molecule has 2 nitrogen and oxygen atoms in total. The summed E-state index contributed by atoms with van der Waals surface area (Å²) >= 11 is 0. The number of hydrogen-bond acceptors (Lipinski definition) is 2. The summed E-state index contributed by atoms with van der Waals surface area (Å²) in [6.45, 7) is 0. The number of carbonyl (C=O) groups excluding carboxylic acids is 1. The van der Waals surface area contributed by atoms with Crippen LogP contribution in [0.2, 0.25) is 0 Å². The third-order valence-corrected chi connectivity index (χ3v) is 3.64. The third-order valence-electron chi connectivity index (χ3n) is 3.64. The molecule has 1 atom stereocenters. The maximum Gasteiger partial charge on any atom is 0.157 e. The molecule has 1 aliphatic rings. The summed E-state index contributed by atoms with van der Waals surface area (Å²) in [6.07, 6.45) is 4.61. The monoisotopic (exact) mass is 263 g/mol. The van der Waals surface area contributed by atoms with Gasteiger partial charge in [0.1, 0.15) is 17.6 Å². The molecule has 100 valence electrons. The zero-order chi connectivity index (χ0) is 13.8. The summed E-state index contributed by atoms with van der Waals surface area (Å²) in [5, 5.41) is 9.15. The predicted molar refractivity (Wildman–Crippen MR) is 66.3 cm³/mol. The number of benzene rings is 1. The van der Waals surface area contributed by atoms with Gasteiger partial charge in [0, 0.05) is 12.0 Å². The van der Waals surface area contributed by atoms with Crippen LogP contribution in [0, 0.1) is 28.9 Å². The highest BCUT2D eigenvalue weighted by atomic mass is 19.1. The van der Waals surface area contributed by atoms with Crippen LogP contribution in [0.1, 0.15) is 43.6 Å². The molecule has 2 rings (SSSR count). The van der Waals surface area contributed by atoms with Crippen molar-refractivity contribution in [2.75, 3.05) is 0 Å². The topological polar surface area (TPSA) is 40.9 Å². The minimum atomic E-state index is -1.06. The smallest absolute Gasteiger partial charge is 0.157 e. The summed E-state index contributed by atoms with van der Waals surface area (Å²) in [5.41, 5.74) is 0.121. The van der Waals surface area contributed by atoms with Gasteiger partial charge in [-0.25, -0.2) is 8.78 Å². The number of nitriles is 1. The van der Waals surface area contributed by atoms with Crippen LogP contribution in [0.3, 0.4) is 0 Å². The van der Waals surface area contributed by atoms with Crippen molar-refractivity contribution in [3.05, 3.63) is 35.4 Å². The fourth-order valence-corrected chi connectivity index (χ4v) is 2.67. The average molecular weight is 263 g/mol. The van der Waals surface area contributed by atoms with Crippen molar-refractivity contribution in [2.45, 2.75) is 38.0 Å². The third kappa shape index (κ3) is 3.17. The molecule has 0 spiro atoms. The van der Waals surface area contributed by atoms with Crippen LogP contribution < -0.4 is 0 Å². The van der Waals surface area contributed by atoms with Crippen LogP contribution in [0.5, 0.6) is 0 Å². The zero-order valence-electron chi connectivity index (χ0n) is 10.5. The van der Waals surface area contributed by atoms with E-state index in [1.165, 1.54) is 0 Å². The number of hydrogen-bond donors (Lipinski definition) is 0. The minimum absolute atomic E-state index is 0.121. The highest BCUT2D eigenvalue weighted by Gasteiger charge is 2.29. The van der Waals surface area contributed by atoms with Crippen LogP contribution in [0.15, 0.2) is 18.2 Å². The van der Waals surface area contributed by atoms with E-state index < -0.39 is 17.6 Å². The highest BCUT2D eigenvalue weighted by Crippen LogP contribution is 2.30. The van der Waals surface area contributed by atoms with Gasteiger partial charge in [0.25, 0.3) is 0 Å². The molecule has 1 aromatic rings. The largest absolute Gasteiger partial charge is 0.298 e. The molecule has 4 heteroatoms. The van der Waals surface area contributed by atoms with Crippen molar-refractivity contribution in [3.8, 4) is 6.07 Å². The molecule has 1 unspecified atom stereocenters. The first-order chi connectivity index (χ1) is 9.11. The van der Waals surface area contributed by atoms with E-state index in [4.69, 9.17) is 5.26 Å².